The van der Waals surface area contributed by atoms with Crippen molar-refractivity contribution in [2.75, 3.05) is 26.2 Å². The van der Waals surface area contributed by atoms with E-state index in [0.29, 0.717) is 13.1 Å². The van der Waals surface area contributed by atoms with Crippen LogP contribution in [0.5, 0.6) is 0 Å². The van der Waals surface area contributed by atoms with Crippen LogP contribution >= 0.6 is 0 Å². The molecule has 1 aromatic rings. The van der Waals surface area contributed by atoms with Crippen molar-refractivity contribution in [3.05, 3.63) is 35.4 Å². The zero-order valence-corrected chi connectivity index (χ0v) is 14.2. The van der Waals surface area contributed by atoms with E-state index < -0.39 is 0 Å². The van der Waals surface area contributed by atoms with E-state index in [9.17, 15) is 4.79 Å². The maximum atomic E-state index is 11.5. The summed E-state index contributed by atoms with van der Waals surface area (Å²) in [7, 11) is 0. The van der Waals surface area contributed by atoms with Crippen molar-refractivity contribution in [2.45, 2.75) is 33.1 Å². The third-order valence-corrected chi connectivity index (χ3v) is 3.80. The largest absolute Gasteiger partial charge is 0.357 e. The number of guanidine groups is 1. The highest BCUT2D eigenvalue weighted by Crippen LogP contribution is 2.28. The molecule has 5 nitrogen and oxygen atoms in total. The molecular weight excluding hydrogens is 288 g/mol. The van der Waals surface area contributed by atoms with Crippen LogP contribution < -0.4 is 16.0 Å². The first-order valence-corrected chi connectivity index (χ1v) is 8.54. The van der Waals surface area contributed by atoms with Crippen LogP contribution in [0.25, 0.3) is 0 Å². The third-order valence-electron chi connectivity index (χ3n) is 3.80. The zero-order valence-electron chi connectivity index (χ0n) is 14.2. The Morgan fingerprint density at radius 1 is 1.13 bits per heavy atom. The van der Waals surface area contributed by atoms with Gasteiger partial charge in [-0.15, -0.1) is 0 Å². The summed E-state index contributed by atoms with van der Waals surface area (Å²) < 4.78 is 0. The summed E-state index contributed by atoms with van der Waals surface area (Å²) >= 11 is 0. The maximum absolute atomic E-state index is 11.5. The monoisotopic (exact) mass is 316 g/mol. The van der Waals surface area contributed by atoms with Gasteiger partial charge < -0.3 is 16.0 Å². The summed E-state index contributed by atoms with van der Waals surface area (Å²) in [5.74, 6) is 1.26. The van der Waals surface area contributed by atoms with E-state index in [2.05, 4.69) is 52.1 Å². The van der Waals surface area contributed by atoms with Crippen molar-refractivity contribution in [3.8, 4) is 0 Å². The van der Waals surface area contributed by atoms with E-state index in [1.165, 1.54) is 11.1 Å². The summed E-state index contributed by atoms with van der Waals surface area (Å²) in [6.45, 7) is 7.04. The van der Waals surface area contributed by atoms with Gasteiger partial charge in [-0.25, -0.2) is 0 Å². The molecule has 5 heteroatoms. The molecule has 1 aliphatic rings. The van der Waals surface area contributed by atoms with Gasteiger partial charge in [0.25, 0.3) is 0 Å². The Morgan fingerprint density at radius 3 is 2.48 bits per heavy atom. The molecular formula is C18H28N4O. The van der Waals surface area contributed by atoms with E-state index in [0.717, 1.165) is 38.3 Å². The zero-order chi connectivity index (χ0) is 16.5. The van der Waals surface area contributed by atoms with Crippen molar-refractivity contribution < 1.29 is 4.79 Å². The number of hydrogen-bond acceptors (Lipinski definition) is 2. The molecule has 0 spiro atoms. The molecule has 2 rings (SSSR count). The third kappa shape index (κ3) is 6.72. The Balaban J connectivity index is 1.68. The summed E-state index contributed by atoms with van der Waals surface area (Å²) in [6, 6.07) is 8.56. The molecule has 0 aromatic heterocycles. The van der Waals surface area contributed by atoms with Gasteiger partial charge in [-0.3, -0.25) is 9.79 Å². The predicted octanol–water partition coefficient (Wildman–Crippen LogP) is 1.62. The first-order valence-electron chi connectivity index (χ1n) is 8.54. The molecule has 0 radical (unpaired) electrons. The molecule has 1 amide bonds. The van der Waals surface area contributed by atoms with E-state index >= 15 is 0 Å². The molecule has 126 valence electrons. The summed E-state index contributed by atoms with van der Waals surface area (Å²) in [6.07, 6.45) is 3.01. The minimum Gasteiger partial charge on any atom is -0.357 e. The van der Waals surface area contributed by atoms with E-state index in [1.807, 2.05) is 6.92 Å². The van der Waals surface area contributed by atoms with E-state index in [-0.39, 0.29) is 11.8 Å². The predicted molar refractivity (Wildman–Crippen MR) is 94.6 cm³/mol. The van der Waals surface area contributed by atoms with Crippen LogP contribution in [0.1, 0.15) is 30.9 Å². The normalized spacial score (nSPS) is 14.4. The second-order valence-electron chi connectivity index (χ2n) is 5.99. The second-order valence-corrected chi connectivity index (χ2v) is 5.99. The number of amides is 1. The van der Waals surface area contributed by atoms with Crippen LogP contribution in [0.4, 0.5) is 0 Å². The first kappa shape index (κ1) is 17.3. The van der Waals surface area contributed by atoms with Gasteiger partial charge in [0.15, 0.2) is 5.96 Å². The molecule has 1 aliphatic carbocycles. The first-order chi connectivity index (χ1) is 11.2. The summed E-state index contributed by atoms with van der Waals surface area (Å²) in [5.41, 5.74) is 2.58. The Morgan fingerprint density at radius 2 is 1.83 bits per heavy atom. The lowest BCUT2D eigenvalue weighted by atomic mass is 10.1. The smallest absolute Gasteiger partial charge is 0.223 e. The minimum absolute atomic E-state index is 0.188. The number of carbonyl (C=O) groups excluding carboxylic acids is 1. The standard InChI is InChI=1S/C18H28N4O/c1-3-19-18(22-13-12-20-17(23)16-8-9-16)21-11-10-15-6-4-14(2)5-7-15/h4-7,16H,3,8-13H2,1-2H3,(H,20,23)(H2,19,21,22). The number of rotatable bonds is 8. The van der Waals surface area contributed by atoms with Gasteiger partial charge in [0.1, 0.15) is 0 Å². The molecule has 0 bridgehead atoms. The maximum Gasteiger partial charge on any atom is 0.223 e. The SMILES string of the molecule is CCNC(=NCCc1ccc(C)cc1)NCCNC(=O)C1CC1. The molecule has 0 atom stereocenters. The quantitative estimate of drug-likeness (QED) is 0.388. The lowest BCUT2D eigenvalue weighted by molar-refractivity contribution is -0.122. The lowest BCUT2D eigenvalue weighted by Crippen LogP contribution is -2.41. The minimum atomic E-state index is 0.188. The number of aryl methyl sites for hydroxylation is 1. The Hall–Kier alpha value is -2.04. The van der Waals surface area contributed by atoms with Crippen molar-refractivity contribution in [3.63, 3.8) is 0 Å². The van der Waals surface area contributed by atoms with Crippen LogP contribution in [0, 0.1) is 12.8 Å². The molecule has 1 aromatic carbocycles. The van der Waals surface area contributed by atoms with Crippen LogP contribution in [0.2, 0.25) is 0 Å². The topological polar surface area (TPSA) is 65.5 Å². The highest BCUT2D eigenvalue weighted by molar-refractivity contribution is 5.81. The fourth-order valence-electron chi connectivity index (χ4n) is 2.25. The Kier molecular flexibility index (Phi) is 6.91. The highest BCUT2D eigenvalue weighted by Gasteiger charge is 2.28. The molecule has 3 N–H and O–H groups in total. The van der Waals surface area contributed by atoms with Gasteiger partial charge >= 0.3 is 0 Å². The fraction of sp³-hybridized carbons (Fsp3) is 0.556. The van der Waals surface area contributed by atoms with Gasteiger partial charge in [-0.2, -0.15) is 0 Å². The molecule has 0 saturated heterocycles. The van der Waals surface area contributed by atoms with E-state index in [1.54, 1.807) is 0 Å². The van der Waals surface area contributed by atoms with Crippen molar-refractivity contribution in [2.24, 2.45) is 10.9 Å². The van der Waals surface area contributed by atoms with Gasteiger partial charge in [0.05, 0.1) is 0 Å². The van der Waals surface area contributed by atoms with E-state index in [4.69, 9.17) is 0 Å². The molecule has 0 heterocycles. The van der Waals surface area contributed by atoms with Crippen LogP contribution in [0.3, 0.4) is 0 Å². The van der Waals surface area contributed by atoms with Crippen LogP contribution in [-0.4, -0.2) is 38.0 Å². The summed E-state index contributed by atoms with van der Waals surface area (Å²) in [4.78, 5) is 16.1. The van der Waals surface area contributed by atoms with Crippen molar-refractivity contribution >= 4 is 11.9 Å². The molecule has 0 aliphatic heterocycles. The van der Waals surface area contributed by atoms with Crippen molar-refractivity contribution in [1.29, 1.82) is 0 Å². The highest BCUT2D eigenvalue weighted by atomic mass is 16.2. The fourth-order valence-corrected chi connectivity index (χ4v) is 2.25. The van der Waals surface area contributed by atoms with Crippen LogP contribution in [-0.2, 0) is 11.2 Å². The average Bonchev–Trinajstić information content (AvgIpc) is 3.38. The molecule has 1 saturated carbocycles. The van der Waals surface area contributed by atoms with Crippen LogP contribution in [0.15, 0.2) is 29.3 Å². The van der Waals surface area contributed by atoms with Gasteiger partial charge in [0, 0.05) is 32.1 Å². The van der Waals surface area contributed by atoms with Gasteiger partial charge in [-0.1, -0.05) is 29.8 Å². The lowest BCUT2D eigenvalue weighted by Gasteiger charge is -2.11. The van der Waals surface area contributed by atoms with Crippen molar-refractivity contribution in [1.82, 2.24) is 16.0 Å². The number of hydrogen-bond donors (Lipinski definition) is 3. The molecule has 23 heavy (non-hydrogen) atoms. The molecule has 0 unspecified atom stereocenters. The average molecular weight is 316 g/mol. The number of nitrogens with one attached hydrogen (secondary N) is 3. The number of nitrogens with zero attached hydrogens (tertiary/aromatic N) is 1. The number of carbonyl (C=O) groups is 1. The number of benzene rings is 1. The second kappa shape index (κ2) is 9.18. The Bertz CT molecular complexity index is 520. The van der Waals surface area contributed by atoms with Gasteiger partial charge in [-0.05, 0) is 38.7 Å². The molecule has 1 fully saturated rings. The summed E-state index contributed by atoms with van der Waals surface area (Å²) in [5, 5.41) is 9.43. The Labute approximate surface area is 139 Å². The van der Waals surface area contributed by atoms with Gasteiger partial charge in [0.2, 0.25) is 5.91 Å². The number of aliphatic imine (C=N–C) groups is 1.